The molecule has 1 fully saturated rings. The van der Waals surface area contributed by atoms with Crippen LogP contribution in [0.4, 0.5) is 0 Å². The van der Waals surface area contributed by atoms with Crippen LogP contribution in [0.15, 0.2) is 53.7 Å². The molecule has 1 aromatic heterocycles. The summed E-state index contributed by atoms with van der Waals surface area (Å²) in [6.07, 6.45) is 0. The molecule has 32 heavy (non-hydrogen) atoms. The fraction of sp³-hybridized carbons (Fsp3) is 0.375. The van der Waals surface area contributed by atoms with Crippen LogP contribution in [0.1, 0.15) is 18.1 Å². The molecule has 0 spiro atoms. The van der Waals surface area contributed by atoms with Gasteiger partial charge in [-0.15, -0.1) is 10.2 Å². The first kappa shape index (κ1) is 22.8. The second-order valence-corrected chi connectivity index (χ2v) is 9.32. The number of rotatable bonds is 7. The van der Waals surface area contributed by atoms with Gasteiger partial charge in [0.1, 0.15) is 0 Å². The van der Waals surface area contributed by atoms with E-state index in [1.54, 1.807) is 0 Å². The second-order valence-electron chi connectivity index (χ2n) is 7.94. The Morgan fingerprint density at radius 2 is 1.75 bits per heavy atom. The lowest BCUT2D eigenvalue weighted by Crippen LogP contribution is -2.48. The fourth-order valence-corrected chi connectivity index (χ4v) is 4.96. The molecule has 6 nitrogen and oxygen atoms in total. The van der Waals surface area contributed by atoms with Crippen molar-refractivity contribution in [3.63, 3.8) is 0 Å². The third-order valence-electron chi connectivity index (χ3n) is 5.79. The molecule has 0 bridgehead atoms. The first-order chi connectivity index (χ1) is 15.5. The van der Waals surface area contributed by atoms with E-state index in [1.807, 2.05) is 29.2 Å². The van der Waals surface area contributed by atoms with Crippen molar-refractivity contribution in [3.05, 3.63) is 64.7 Å². The molecule has 168 valence electrons. The molecule has 0 N–H and O–H groups in total. The molecule has 2 heterocycles. The molecule has 1 amide bonds. The number of hydrogen-bond acceptors (Lipinski definition) is 5. The van der Waals surface area contributed by atoms with E-state index in [9.17, 15) is 4.79 Å². The van der Waals surface area contributed by atoms with Gasteiger partial charge < -0.3 is 9.47 Å². The van der Waals surface area contributed by atoms with Crippen molar-refractivity contribution in [1.29, 1.82) is 0 Å². The normalized spacial score (nSPS) is 14.7. The van der Waals surface area contributed by atoms with Crippen molar-refractivity contribution in [1.82, 2.24) is 24.6 Å². The quantitative estimate of drug-likeness (QED) is 0.481. The maximum absolute atomic E-state index is 12.8. The molecule has 8 heteroatoms. The summed E-state index contributed by atoms with van der Waals surface area (Å²) in [7, 11) is 0. The topological polar surface area (TPSA) is 54.3 Å². The number of carbonyl (C=O) groups is 1. The third-order valence-corrected chi connectivity index (χ3v) is 6.99. The zero-order chi connectivity index (χ0) is 22.5. The highest BCUT2D eigenvalue weighted by atomic mass is 35.5. The van der Waals surface area contributed by atoms with Crippen LogP contribution < -0.4 is 0 Å². The maximum Gasteiger partial charge on any atom is 0.233 e. The molecule has 0 saturated carbocycles. The molecule has 1 aliphatic heterocycles. The first-order valence-corrected chi connectivity index (χ1v) is 12.3. The van der Waals surface area contributed by atoms with Crippen LogP contribution >= 0.6 is 23.4 Å². The van der Waals surface area contributed by atoms with Gasteiger partial charge in [-0.1, -0.05) is 59.8 Å². The number of halogens is 1. The van der Waals surface area contributed by atoms with Crippen molar-refractivity contribution in [2.45, 2.75) is 32.1 Å². The fourth-order valence-electron chi connectivity index (χ4n) is 3.92. The van der Waals surface area contributed by atoms with Gasteiger partial charge in [-0.05, 0) is 37.1 Å². The van der Waals surface area contributed by atoms with Crippen molar-refractivity contribution >= 4 is 29.3 Å². The molecule has 0 aliphatic carbocycles. The number of carbonyl (C=O) groups excluding carboxylic acids is 1. The summed E-state index contributed by atoms with van der Waals surface area (Å²) in [5, 5.41) is 10.3. The summed E-state index contributed by atoms with van der Waals surface area (Å²) in [6.45, 7) is 9.06. The Morgan fingerprint density at radius 1 is 1.03 bits per heavy atom. The van der Waals surface area contributed by atoms with Crippen LogP contribution in [-0.4, -0.2) is 62.4 Å². The highest BCUT2D eigenvalue weighted by Gasteiger charge is 2.22. The van der Waals surface area contributed by atoms with Crippen molar-refractivity contribution in [2.24, 2.45) is 0 Å². The molecule has 0 unspecified atom stereocenters. The summed E-state index contributed by atoms with van der Waals surface area (Å²) in [5.74, 6) is 1.39. The summed E-state index contributed by atoms with van der Waals surface area (Å²) < 4.78 is 2.09. The van der Waals surface area contributed by atoms with E-state index < -0.39 is 0 Å². The van der Waals surface area contributed by atoms with Crippen molar-refractivity contribution in [2.75, 3.05) is 31.9 Å². The summed E-state index contributed by atoms with van der Waals surface area (Å²) in [5.41, 5.74) is 3.49. The minimum absolute atomic E-state index is 0.157. The number of aryl methyl sites for hydroxylation is 1. The van der Waals surface area contributed by atoms with Crippen LogP contribution in [0.25, 0.3) is 11.4 Å². The van der Waals surface area contributed by atoms with Crippen molar-refractivity contribution < 1.29 is 4.79 Å². The minimum atomic E-state index is 0.157. The van der Waals surface area contributed by atoms with E-state index in [1.165, 1.54) is 22.9 Å². The smallest absolute Gasteiger partial charge is 0.233 e. The highest BCUT2D eigenvalue weighted by molar-refractivity contribution is 7.99. The van der Waals surface area contributed by atoms with Gasteiger partial charge in [-0.2, -0.15) is 0 Å². The van der Waals surface area contributed by atoms with Gasteiger partial charge in [0.05, 0.1) is 5.75 Å². The number of aromatic nitrogens is 3. The number of benzene rings is 2. The number of thioether (sulfide) groups is 1. The van der Waals surface area contributed by atoms with Gasteiger partial charge in [-0.25, -0.2) is 0 Å². The van der Waals surface area contributed by atoms with Gasteiger partial charge in [0.25, 0.3) is 0 Å². The standard InChI is InChI=1S/C24H28ClN5OS/c1-3-30-23(21-7-5-4-6-18(21)2)26-27-24(30)32-17-22(31)29-14-12-28(13-15-29)16-19-8-10-20(25)11-9-19/h4-11H,3,12-17H2,1-2H3. The van der Waals surface area contributed by atoms with E-state index in [4.69, 9.17) is 11.6 Å². The number of piperazine rings is 1. The molecule has 2 aromatic carbocycles. The predicted octanol–water partition coefficient (Wildman–Crippen LogP) is 4.36. The molecule has 0 radical (unpaired) electrons. The van der Waals surface area contributed by atoms with E-state index in [-0.39, 0.29) is 5.91 Å². The molecular formula is C24H28ClN5OS. The Morgan fingerprint density at radius 3 is 2.44 bits per heavy atom. The van der Waals surface area contributed by atoms with Gasteiger partial charge in [0.2, 0.25) is 5.91 Å². The van der Waals surface area contributed by atoms with E-state index >= 15 is 0 Å². The van der Waals surface area contributed by atoms with Crippen LogP contribution in [-0.2, 0) is 17.9 Å². The Kier molecular flexibility index (Phi) is 7.50. The van der Waals surface area contributed by atoms with Crippen LogP contribution in [0.3, 0.4) is 0 Å². The second kappa shape index (κ2) is 10.5. The average Bonchev–Trinajstić information content (AvgIpc) is 3.22. The van der Waals surface area contributed by atoms with Crippen LogP contribution in [0.5, 0.6) is 0 Å². The largest absolute Gasteiger partial charge is 0.339 e. The predicted molar refractivity (Wildman–Crippen MR) is 130 cm³/mol. The van der Waals surface area contributed by atoms with Gasteiger partial charge in [0, 0.05) is 49.9 Å². The molecular weight excluding hydrogens is 442 g/mol. The lowest BCUT2D eigenvalue weighted by atomic mass is 10.1. The Hall–Kier alpha value is -2.35. The zero-order valence-electron chi connectivity index (χ0n) is 18.5. The molecule has 1 saturated heterocycles. The molecule has 4 rings (SSSR count). The zero-order valence-corrected chi connectivity index (χ0v) is 20.1. The molecule has 0 atom stereocenters. The van der Waals surface area contributed by atoms with E-state index in [0.29, 0.717) is 5.75 Å². The summed E-state index contributed by atoms with van der Waals surface area (Å²) in [6, 6.07) is 16.1. The minimum Gasteiger partial charge on any atom is -0.339 e. The van der Waals surface area contributed by atoms with E-state index in [0.717, 1.165) is 60.8 Å². The highest BCUT2D eigenvalue weighted by Crippen LogP contribution is 2.26. The molecule has 1 aliphatic rings. The summed E-state index contributed by atoms with van der Waals surface area (Å²) >= 11 is 7.44. The lowest BCUT2D eigenvalue weighted by molar-refractivity contribution is -0.130. The Balaban J connectivity index is 1.31. The monoisotopic (exact) mass is 469 g/mol. The average molecular weight is 470 g/mol. The number of hydrogen-bond donors (Lipinski definition) is 0. The third kappa shape index (κ3) is 5.34. The van der Waals surface area contributed by atoms with Crippen LogP contribution in [0.2, 0.25) is 5.02 Å². The Bertz CT molecular complexity index is 1060. The SMILES string of the molecule is CCn1c(SCC(=O)N2CCN(Cc3ccc(Cl)cc3)CC2)nnc1-c1ccccc1C. The van der Waals surface area contributed by atoms with Gasteiger partial charge >= 0.3 is 0 Å². The lowest BCUT2D eigenvalue weighted by Gasteiger charge is -2.34. The number of amides is 1. The van der Waals surface area contributed by atoms with E-state index in [2.05, 4.69) is 57.8 Å². The Labute approximate surface area is 198 Å². The first-order valence-electron chi connectivity index (χ1n) is 10.9. The van der Waals surface area contributed by atoms with Crippen molar-refractivity contribution in [3.8, 4) is 11.4 Å². The molecule has 3 aromatic rings. The van der Waals surface area contributed by atoms with Gasteiger partial charge in [0.15, 0.2) is 11.0 Å². The summed E-state index contributed by atoms with van der Waals surface area (Å²) in [4.78, 5) is 17.2. The maximum atomic E-state index is 12.8. The van der Waals surface area contributed by atoms with Gasteiger partial charge in [-0.3, -0.25) is 9.69 Å². The van der Waals surface area contributed by atoms with Crippen LogP contribution in [0, 0.1) is 6.92 Å². The number of nitrogens with zero attached hydrogens (tertiary/aromatic N) is 5.